The van der Waals surface area contributed by atoms with E-state index in [-0.39, 0.29) is 17.9 Å². The Morgan fingerprint density at radius 1 is 1.31 bits per heavy atom. The molecule has 32 heavy (non-hydrogen) atoms. The third-order valence-corrected chi connectivity index (χ3v) is 6.01. The van der Waals surface area contributed by atoms with Crippen molar-refractivity contribution in [2.24, 2.45) is 5.92 Å². The van der Waals surface area contributed by atoms with Crippen LogP contribution in [0.3, 0.4) is 0 Å². The average molecular weight is 559 g/mol. The molecule has 7 nitrogen and oxygen atoms in total. The normalized spacial score (nSPS) is 18.9. The number of nitrogens with zero attached hydrogens (tertiary/aromatic N) is 1. The highest BCUT2D eigenvalue weighted by atomic mass is 127. The quantitative estimate of drug-likeness (QED) is 0.402. The molecule has 180 valence electrons. The maximum absolute atomic E-state index is 12.9. The van der Waals surface area contributed by atoms with E-state index in [1.807, 2.05) is 57.7 Å². The van der Waals surface area contributed by atoms with Crippen LogP contribution in [-0.2, 0) is 16.1 Å². The molecule has 1 aliphatic heterocycles. The van der Waals surface area contributed by atoms with Gasteiger partial charge in [0.15, 0.2) is 0 Å². The van der Waals surface area contributed by atoms with Crippen LogP contribution in [0.5, 0.6) is 0 Å². The fourth-order valence-corrected chi connectivity index (χ4v) is 4.55. The van der Waals surface area contributed by atoms with E-state index in [2.05, 4.69) is 39.3 Å². The minimum atomic E-state index is -0.797. The van der Waals surface area contributed by atoms with E-state index >= 15 is 0 Å². The summed E-state index contributed by atoms with van der Waals surface area (Å²) in [7, 11) is 0. The van der Waals surface area contributed by atoms with Gasteiger partial charge in [0.25, 0.3) is 0 Å². The molecule has 0 spiro atoms. The summed E-state index contributed by atoms with van der Waals surface area (Å²) in [6, 6.07) is 7.33. The monoisotopic (exact) mass is 559 g/mol. The van der Waals surface area contributed by atoms with Gasteiger partial charge >= 0.3 is 6.09 Å². The molecule has 0 aromatic heterocycles. The summed E-state index contributed by atoms with van der Waals surface area (Å²) >= 11 is 2.26. The number of carbonyl (C=O) groups excluding carboxylic acids is 2. The van der Waals surface area contributed by atoms with Gasteiger partial charge < -0.3 is 20.5 Å². The van der Waals surface area contributed by atoms with Gasteiger partial charge in [-0.3, -0.25) is 9.69 Å². The molecule has 1 aliphatic rings. The highest BCUT2D eigenvalue weighted by molar-refractivity contribution is 14.1. The fourth-order valence-electron chi connectivity index (χ4n) is 3.94. The predicted molar refractivity (Wildman–Crippen MR) is 134 cm³/mol. The van der Waals surface area contributed by atoms with Crippen molar-refractivity contribution in [3.63, 3.8) is 0 Å². The van der Waals surface area contributed by atoms with Crippen molar-refractivity contribution < 1.29 is 19.4 Å². The van der Waals surface area contributed by atoms with Crippen LogP contribution in [0.25, 0.3) is 0 Å². The summed E-state index contributed by atoms with van der Waals surface area (Å²) in [5.74, 6) is 0.269. The molecule has 0 aliphatic carbocycles. The lowest BCUT2D eigenvalue weighted by Crippen LogP contribution is -2.52. The summed E-state index contributed by atoms with van der Waals surface area (Å²) in [4.78, 5) is 27.2. The summed E-state index contributed by atoms with van der Waals surface area (Å²) in [5.41, 5.74) is 0.459. The van der Waals surface area contributed by atoms with Gasteiger partial charge in [-0.2, -0.15) is 0 Å². The number of hydrogen-bond acceptors (Lipinski definition) is 5. The molecule has 0 radical (unpaired) electrons. The second-order valence-electron chi connectivity index (χ2n) is 9.95. The molecular weight excluding hydrogens is 521 g/mol. The van der Waals surface area contributed by atoms with Crippen LogP contribution in [0.2, 0.25) is 0 Å². The first-order valence-electron chi connectivity index (χ1n) is 11.4. The van der Waals surface area contributed by atoms with E-state index < -0.39 is 23.8 Å². The van der Waals surface area contributed by atoms with Crippen LogP contribution in [0, 0.1) is 9.49 Å². The van der Waals surface area contributed by atoms with Crippen molar-refractivity contribution in [3.05, 3.63) is 33.4 Å². The van der Waals surface area contributed by atoms with Crippen LogP contribution in [0.1, 0.15) is 59.4 Å². The van der Waals surface area contributed by atoms with Gasteiger partial charge in [-0.1, -0.05) is 26.0 Å². The lowest BCUT2D eigenvalue weighted by atomic mass is 9.98. The van der Waals surface area contributed by atoms with E-state index in [4.69, 9.17) is 4.74 Å². The second kappa shape index (κ2) is 12.2. The van der Waals surface area contributed by atoms with E-state index in [0.717, 1.165) is 28.5 Å². The van der Waals surface area contributed by atoms with E-state index in [1.165, 1.54) is 0 Å². The largest absolute Gasteiger partial charge is 0.444 e. The molecule has 1 fully saturated rings. The van der Waals surface area contributed by atoms with Crippen molar-refractivity contribution in [1.29, 1.82) is 0 Å². The SMILES string of the molecule is CC(C)C[C@H](NC(=O)OC(C)(C)C)[C@@H](O)CN1CCC[C@H]1C(=O)NCc1cccc(I)c1. The summed E-state index contributed by atoms with van der Waals surface area (Å²) < 4.78 is 6.51. The van der Waals surface area contributed by atoms with Crippen LogP contribution < -0.4 is 10.6 Å². The molecule has 1 saturated heterocycles. The fraction of sp³-hybridized carbons (Fsp3) is 0.667. The molecule has 0 unspecified atom stereocenters. The molecule has 8 heteroatoms. The number of β-amino-alcohol motifs (C(OH)–C–C–N with tert-alkyl or cyclic N) is 1. The molecule has 1 aromatic rings. The lowest BCUT2D eigenvalue weighted by Gasteiger charge is -2.32. The van der Waals surface area contributed by atoms with Gasteiger partial charge in [-0.15, -0.1) is 0 Å². The number of rotatable bonds is 9. The molecule has 1 aromatic carbocycles. The standard InChI is InChI=1S/C24H38IN3O4/c1-16(2)12-19(27-23(31)32-24(3,4)5)21(29)15-28-11-7-10-20(28)22(30)26-14-17-8-6-9-18(25)13-17/h6,8-9,13,16,19-21,29H,7,10-12,14-15H2,1-5H3,(H,26,30)(H,27,31)/t19-,20-,21-/m0/s1. The van der Waals surface area contributed by atoms with Gasteiger partial charge in [-0.05, 0) is 92.8 Å². The summed E-state index contributed by atoms with van der Waals surface area (Å²) in [6.07, 6.45) is 0.962. The third-order valence-electron chi connectivity index (χ3n) is 5.34. The first-order valence-corrected chi connectivity index (χ1v) is 12.5. The number of hydrogen-bond donors (Lipinski definition) is 3. The first-order chi connectivity index (χ1) is 14.9. The maximum Gasteiger partial charge on any atom is 0.407 e. The Balaban J connectivity index is 1.95. The number of halogens is 1. The van der Waals surface area contributed by atoms with Crippen molar-refractivity contribution in [3.8, 4) is 0 Å². The Bertz CT molecular complexity index is 766. The van der Waals surface area contributed by atoms with Gasteiger partial charge in [0.1, 0.15) is 5.60 Å². The number of amides is 2. The molecule has 3 N–H and O–H groups in total. The highest BCUT2D eigenvalue weighted by Crippen LogP contribution is 2.20. The topological polar surface area (TPSA) is 90.9 Å². The zero-order valence-corrected chi connectivity index (χ0v) is 22.0. The zero-order chi connectivity index (χ0) is 23.9. The Morgan fingerprint density at radius 3 is 2.66 bits per heavy atom. The summed E-state index contributed by atoms with van der Waals surface area (Å²) in [6.45, 7) is 11.1. The number of alkyl carbamates (subject to hydrolysis) is 1. The van der Waals surface area contributed by atoms with Crippen molar-refractivity contribution in [1.82, 2.24) is 15.5 Å². The number of aliphatic hydroxyl groups excluding tert-OH is 1. The van der Waals surface area contributed by atoms with Crippen molar-refractivity contribution in [2.45, 2.75) is 84.2 Å². The molecule has 2 rings (SSSR count). The Kier molecular flexibility index (Phi) is 10.2. The number of benzene rings is 1. The maximum atomic E-state index is 12.9. The Morgan fingerprint density at radius 2 is 2.03 bits per heavy atom. The lowest BCUT2D eigenvalue weighted by molar-refractivity contribution is -0.126. The van der Waals surface area contributed by atoms with Crippen LogP contribution in [-0.4, -0.2) is 58.9 Å². The first kappa shape index (κ1) is 26.9. The van der Waals surface area contributed by atoms with E-state index in [1.54, 1.807) is 0 Å². The minimum Gasteiger partial charge on any atom is -0.444 e. The average Bonchev–Trinajstić information content (AvgIpc) is 3.12. The summed E-state index contributed by atoms with van der Waals surface area (Å²) in [5, 5.41) is 16.8. The van der Waals surface area contributed by atoms with Gasteiger partial charge in [-0.25, -0.2) is 4.79 Å². The molecule has 0 saturated carbocycles. The molecular formula is C24H38IN3O4. The van der Waals surface area contributed by atoms with Crippen LogP contribution >= 0.6 is 22.6 Å². The second-order valence-corrected chi connectivity index (χ2v) is 11.2. The van der Waals surface area contributed by atoms with Gasteiger partial charge in [0.05, 0.1) is 18.2 Å². The number of carbonyl (C=O) groups is 2. The molecule has 0 bridgehead atoms. The number of likely N-dealkylation sites (tertiary alicyclic amines) is 1. The highest BCUT2D eigenvalue weighted by Gasteiger charge is 2.34. The molecule has 1 heterocycles. The van der Waals surface area contributed by atoms with E-state index in [0.29, 0.717) is 19.5 Å². The zero-order valence-electron chi connectivity index (χ0n) is 19.9. The van der Waals surface area contributed by atoms with Crippen molar-refractivity contribution >= 4 is 34.6 Å². The minimum absolute atomic E-state index is 0.0194. The molecule has 3 atom stereocenters. The van der Waals surface area contributed by atoms with Gasteiger partial charge in [0.2, 0.25) is 5.91 Å². The van der Waals surface area contributed by atoms with Gasteiger partial charge in [0, 0.05) is 16.7 Å². The number of ether oxygens (including phenoxy) is 1. The van der Waals surface area contributed by atoms with E-state index in [9.17, 15) is 14.7 Å². The van der Waals surface area contributed by atoms with Crippen LogP contribution in [0.15, 0.2) is 24.3 Å². The third kappa shape index (κ3) is 9.23. The Labute approximate surface area is 205 Å². The van der Waals surface area contributed by atoms with Crippen molar-refractivity contribution in [2.75, 3.05) is 13.1 Å². The van der Waals surface area contributed by atoms with Crippen LogP contribution in [0.4, 0.5) is 4.79 Å². The predicted octanol–water partition coefficient (Wildman–Crippen LogP) is 3.67. The smallest absolute Gasteiger partial charge is 0.407 e. The number of aliphatic hydroxyl groups is 1. The molecule has 2 amide bonds. The Hall–Kier alpha value is -1.39. The number of nitrogens with one attached hydrogen (secondary N) is 2.